The Labute approximate surface area is 163 Å². The lowest BCUT2D eigenvalue weighted by Gasteiger charge is -2.19. The van der Waals surface area contributed by atoms with Gasteiger partial charge in [0.2, 0.25) is 0 Å². The van der Waals surface area contributed by atoms with Gasteiger partial charge >= 0.3 is 6.03 Å². The molecule has 2 aromatic rings. The Morgan fingerprint density at radius 3 is 2.73 bits per heavy atom. The molecule has 6 heteroatoms. The average molecular weight is 389 g/mol. The molecule has 0 unspecified atom stereocenters. The highest BCUT2D eigenvalue weighted by atomic mass is 32.2. The first-order chi connectivity index (χ1) is 12.6. The number of ether oxygens (including phenoxy) is 1. The van der Waals surface area contributed by atoms with E-state index in [1.54, 1.807) is 11.9 Å². The van der Waals surface area contributed by atoms with Gasteiger partial charge in [-0.25, -0.2) is 4.79 Å². The summed E-state index contributed by atoms with van der Waals surface area (Å²) < 4.78 is 6.25. The lowest BCUT2D eigenvalue weighted by molar-refractivity contribution is 0.207. The van der Waals surface area contributed by atoms with Crippen molar-refractivity contribution in [3.8, 4) is 5.75 Å². The van der Waals surface area contributed by atoms with Crippen molar-refractivity contribution in [1.29, 1.82) is 0 Å². The Balaban J connectivity index is 1.49. The van der Waals surface area contributed by atoms with Crippen molar-refractivity contribution >= 4 is 35.2 Å². The molecule has 1 N–H and O–H groups in total. The van der Waals surface area contributed by atoms with E-state index >= 15 is 0 Å². The van der Waals surface area contributed by atoms with Gasteiger partial charge in [0.1, 0.15) is 12.4 Å². The molecule has 4 nitrogen and oxygen atoms in total. The molecule has 0 bridgehead atoms. The van der Waals surface area contributed by atoms with Crippen LogP contribution in [0, 0.1) is 6.92 Å². The minimum atomic E-state index is -0.123. The van der Waals surface area contributed by atoms with E-state index in [0.29, 0.717) is 17.7 Å². The summed E-state index contributed by atoms with van der Waals surface area (Å²) >= 11 is 3.93. The number of hydrogen-bond donors (Lipinski definition) is 1. The van der Waals surface area contributed by atoms with Crippen molar-refractivity contribution < 1.29 is 9.53 Å². The minimum absolute atomic E-state index is 0.123. The summed E-state index contributed by atoms with van der Waals surface area (Å²) in [6.07, 6.45) is 0. The molecule has 0 spiro atoms. The van der Waals surface area contributed by atoms with Gasteiger partial charge in [-0.05, 0) is 36.2 Å². The zero-order valence-corrected chi connectivity index (χ0v) is 16.7. The second kappa shape index (κ2) is 9.24. The summed E-state index contributed by atoms with van der Waals surface area (Å²) in [6, 6.07) is 15.9. The molecule has 3 rings (SSSR count). The molecule has 26 heavy (non-hydrogen) atoms. The molecule has 0 aromatic heterocycles. The molecule has 0 atom stereocenters. The van der Waals surface area contributed by atoms with Gasteiger partial charge in [0.25, 0.3) is 0 Å². The highest BCUT2D eigenvalue weighted by Gasteiger charge is 2.18. The normalized spacial score (nSPS) is 14.2. The highest BCUT2D eigenvalue weighted by Crippen LogP contribution is 2.45. The first-order valence-corrected chi connectivity index (χ1v) is 10.8. The predicted molar refractivity (Wildman–Crippen MR) is 112 cm³/mol. The molecule has 1 heterocycles. The van der Waals surface area contributed by atoms with Crippen LogP contribution in [-0.4, -0.2) is 42.6 Å². The van der Waals surface area contributed by atoms with Crippen molar-refractivity contribution in [2.45, 2.75) is 11.5 Å². The fourth-order valence-corrected chi connectivity index (χ4v) is 5.48. The van der Waals surface area contributed by atoms with E-state index in [1.807, 2.05) is 66.8 Å². The number of anilines is 1. The number of urea groups is 1. The molecular weight excluding hydrogens is 364 g/mol. The maximum Gasteiger partial charge on any atom is 0.321 e. The third-order valence-corrected chi connectivity index (χ3v) is 7.26. The van der Waals surface area contributed by atoms with E-state index < -0.39 is 0 Å². The SMILES string of the molecule is Cc1ccccc1OCCN(C)C(=O)Nc1cccc(C2SCCS2)c1. The molecule has 0 aliphatic carbocycles. The number of likely N-dealkylation sites (N-methyl/N-ethyl adjacent to an activating group) is 1. The Kier molecular flexibility index (Phi) is 6.74. The monoisotopic (exact) mass is 388 g/mol. The first kappa shape index (κ1) is 19.0. The fourth-order valence-electron chi connectivity index (χ4n) is 2.65. The number of carbonyl (C=O) groups excluding carboxylic acids is 1. The fraction of sp³-hybridized carbons (Fsp3) is 0.350. The van der Waals surface area contributed by atoms with E-state index in [9.17, 15) is 4.79 Å². The van der Waals surface area contributed by atoms with Crippen molar-refractivity contribution in [1.82, 2.24) is 4.90 Å². The van der Waals surface area contributed by atoms with Crippen LogP contribution in [0.1, 0.15) is 15.7 Å². The van der Waals surface area contributed by atoms with Gasteiger partial charge in [0.15, 0.2) is 0 Å². The number of benzene rings is 2. The quantitative estimate of drug-likeness (QED) is 0.755. The molecular formula is C20H24N2O2S2. The van der Waals surface area contributed by atoms with Gasteiger partial charge < -0.3 is 15.0 Å². The van der Waals surface area contributed by atoms with E-state index in [2.05, 4.69) is 17.4 Å². The van der Waals surface area contributed by atoms with Gasteiger partial charge in [0.05, 0.1) is 11.1 Å². The number of para-hydroxylation sites is 1. The Morgan fingerprint density at radius 2 is 1.96 bits per heavy atom. The van der Waals surface area contributed by atoms with Crippen LogP contribution in [0.25, 0.3) is 0 Å². The molecule has 1 fully saturated rings. The van der Waals surface area contributed by atoms with Crippen LogP contribution < -0.4 is 10.1 Å². The lowest BCUT2D eigenvalue weighted by Crippen LogP contribution is -2.34. The van der Waals surface area contributed by atoms with E-state index in [4.69, 9.17) is 4.74 Å². The number of thioether (sulfide) groups is 2. The smallest absolute Gasteiger partial charge is 0.321 e. The van der Waals surface area contributed by atoms with Gasteiger partial charge in [0, 0.05) is 24.2 Å². The molecule has 0 radical (unpaired) electrons. The largest absolute Gasteiger partial charge is 0.491 e. The minimum Gasteiger partial charge on any atom is -0.491 e. The average Bonchev–Trinajstić information content (AvgIpc) is 3.18. The standard InChI is InChI=1S/C20H24N2O2S2/c1-15-6-3-4-9-18(15)24-11-10-22(2)20(23)21-17-8-5-7-16(14-17)19-25-12-13-26-19/h3-9,14,19H,10-13H2,1-2H3,(H,21,23). The maximum atomic E-state index is 12.4. The number of nitrogens with one attached hydrogen (secondary N) is 1. The molecule has 138 valence electrons. The Morgan fingerprint density at radius 1 is 1.19 bits per heavy atom. The van der Waals surface area contributed by atoms with Crippen molar-refractivity contribution in [2.75, 3.05) is 37.0 Å². The number of aryl methyl sites for hydroxylation is 1. The summed E-state index contributed by atoms with van der Waals surface area (Å²) in [5.74, 6) is 3.24. The number of amides is 2. The highest BCUT2D eigenvalue weighted by molar-refractivity contribution is 8.19. The predicted octanol–water partition coefficient (Wildman–Crippen LogP) is 5.02. The van der Waals surface area contributed by atoms with Crippen LogP contribution in [0.2, 0.25) is 0 Å². The van der Waals surface area contributed by atoms with Crippen LogP contribution in [0.4, 0.5) is 10.5 Å². The maximum absolute atomic E-state index is 12.4. The lowest BCUT2D eigenvalue weighted by atomic mass is 10.2. The summed E-state index contributed by atoms with van der Waals surface area (Å²) in [5.41, 5.74) is 3.20. The van der Waals surface area contributed by atoms with Crippen molar-refractivity contribution in [3.63, 3.8) is 0 Å². The third kappa shape index (κ3) is 5.11. The van der Waals surface area contributed by atoms with Gasteiger partial charge in [-0.3, -0.25) is 0 Å². The van der Waals surface area contributed by atoms with Crippen molar-refractivity contribution in [3.05, 3.63) is 59.7 Å². The van der Waals surface area contributed by atoms with E-state index in [-0.39, 0.29) is 6.03 Å². The third-order valence-electron chi connectivity index (χ3n) is 4.16. The topological polar surface area (TPSA) is 41.6 Å². The summed E-state index contributed by atoms with van der Waals surface area (Å²) in [7, 11) is 1.78. The second-order valence-corrected chi connectivity index (χ2v) is 8.89. The number of nitrogens with zero attached hydrogens (tertiary/aromatic N) is 1. The molecule has 2 amide bonds. The molecule has 1 aliphatic heterocycles. The zero-order chi connectivity index (χ0) is 18.4. The summed E-state index contributed by atoms with van der Waals surface area (Å²) in [6.45, 7) is 3.00. The van der Waals surface area contributed by atoms with Gasteiger partial charge in [-0.1, -0.05) is 30.3 Å². The molecule has 0 saturated carbocycles. The van der Waals surface area contributed by atoms with Crippen LogP contribution >= 0.6 is 23.5 Å². The van der Waals surface area contributed by atoms with E-state index in [0.717, 1.165) is 17.0 Å². The Hall–Kier alpha value is -1.79. The van der Waals surface area contributed by atoms with Crippen molar-refractivity contribution in [2.24, 2.45) is 0 Å². The van der Waals surface area contributed by atoms with Crippen LogP contribution in [0.5, 0.6) is 5.75 Å². The van der Waals surface area contributed by atoms with Gasteiger partial charge in [-0.2, -0.15) is 0 Å². The molecule has 1 saturated heterocycles. The summed E-state index contributed by atoms with van der Waals surface area (Å²) in [5, 5.41) is 2.98. The van der Waals surface area contributed by atoms with E-state index in [1.165, 1.54) is 17.1 Å². The molecule has 2 aromatic carbocycles. The first-order valence-electron chi connectivity index (χ1n) is 8.67. The zero-order valence-electron chi connectivity index (χ0n) is 15.1. The van der Waals surface area contributed by atoms with Crippen LogP contribution in [0.3, 0.4) is 0 Å². The molecule has 1 aliphatic rings. The summed E-state index contributed by atoms with van der Waals surface area (Å²) in [4.78, 5) is 14.0. The number of carbonyl (C=O) groups is 1. The van der Waals surface area contributed by atoms with Crippen LogP contribution in [-0.2, 0) is 0 Å². The van der Waals surface area contributed by atoms with Crippen LogP contribution in [0.15, 0.2) is 48.5 Å². The van der Waals surface area contributed by atoms with Gasteiger partial charge in [-0.15, -0.1) is 23.5 Å². The second-order valence-electron chi connectivity index (χ2n) is 6.16. The number of hydrogen-bond acceptors (Lipinski definition) is 4. The number of rotatable bonds is 6. The Bertz CT molecular complexity index is 748.